The van der Waals surface area contributed by atoms with Gasteiger partial charge in [-0.15, -0.1) is 0 Å². The summed E-state index contributed by atoms with van der Waals surface area (Å²) in [6, 6.07) is 6.35. The Morgan fingerprint density at radius 2 is 2.20 bits per heavy atom. The van der Waals surface area contributed by atoms with Crippen LogP contribution in [0.2, 0.25) is 0 Å². The van der Waals surface area contributed by atoms with Crippen LogP contribution in [0.25, 0.3) is 0 Å². The van der Waals surface area contributed by atoms with Crippen molar-refractivity contribution < 1.29 is 13.2 Å². The minimum atomic E-state index is -3.15. The van der Waals surface area contributed by atoms with Crippen molar-refractivity contribution in [2.75, 3.05) is 26.5 Å². The Labute approximate surface area is 120 Å². The van der Waals surface area contributed by atoms with Gasteiger partial charge in [-0.3, -0.25) is 0 Å². The molecule has 0 saturated carbocycles. The lowest BCUT2D eigenvalue weighted by atomic mass is 9.87. The first-order chi connectivity index (χ1) is 9.55. The number of hydrogen-bond acceptors (Lipinski definition) is 4. The summed E-state index contributed by atoms with van der Waals surface area (Å²) in [4.78, 5) is 0. The number of nitrogens with one attached hydrogen (secondary N) is 2. The number of ether oxygens (including phenoxy) is 1. The topological polar surface area (TPSA) is 67.4 Å². The first-order valence-corrected chi connectivity index (χ1v) is 8.52. The van der Waals surface area contributed by atoms with E-state index in [9.17, 15) is 8.42 Å². The van der Waals surface area contributed by atoms with Gasteiger partial charge in [-0.25, -0.2) is 13.1 Å². The molecule has 0 spiro atoms. The summed E-state index contributed by atoms with van der Waals surface area (Å²) in [6.45, 7) is 0.449. The van der Waals surface area contributed by atoms with Crippen molar-refractivity contribution >= 4 is 10.0 Å². The van der Waals surface area contributed by atoms with Crippen LogP contribution in [0, 0.1) is 0 Å². The maximum absolute atomic E-state index is 11.4. The van der Waals surface area contributed by atoms with E-state index in [4.69, 9.17) is 4.74 Å². The van der Waals surface area contributed by atoms with Crippen LogP contribution in [0.15, 0.2) is 18.2 Å². The Kier molecular flexibility index (Phi) is 5.01. The van der Waals surface area contributed by atoms with Gasteiger partial charge in [-0.1, -0.05) is 6.07 Å². The van der Waals surface area contributed by atoms with E-state index in [-0.39, 0.29) is 11.8 Å². The number of aryl methyl sites for hydroxylation is 1. The molecule has 20 heavy (non-hydrogen) atoms. The van der Waals surface area contributed by atoms with Crippen LogP contribution in [0.4, 0.5) is 0 Å². The van der Waals surface area contributed by atoms with E-state index in [0.29, 0.717) is 6.54 Å². The van der Waals surface area contributed by atoms with Crippen molar-refractivity contribution in [1.82, 2.24) is 10.0 Å². The van der Waals surface area contributed by atoms with E-state index in [1.165, 1.54) is 18.2 Å². The molecule has 0 saturated heterocycles. The molecule has 5 nitrogen and oxygen atoms in total. The molecule has 1 aromatic carbocycles. The van der Waals surface area contributed by atoms with Crippen LogP contribution >= 0.6 is 0 Å². The molecule has 2 N–H and O–H groups in total. The average Bonchev–Trinajstić information content (AvgIpc) is 2.47. The Morgan fingerprint density at radius 3 is 2.90 bits per heavy atom. The molecule has 6 heteroatoms. The van der Waals surface area contributed by atoms with Crippen LogP contribution in [-0.4, -0.2) is 34.9 Å². The first kappa shape index (κ1) is 15.3. The highest BCUT2D eigenvalue weighted by Crippen LogP contribution is 2.32. The maximum atomic E-state index is 11.4. The molecule has 1 aliphatic carbocycles. The molecule has 1 unspecified atom stereocenters. The SMILES string of the molecule is CNS(=O)(=O)CCNC1CCCc2ccc(OC)cc21. The highest BCUT2D eigenvalue weighted by atomic mass is 32.2. The molecule has 1 aromatic rings. The predicted molar refractivity (Wildman–Crippen MR) is 79.5 cm³/mol. The number of methoxy groups -OCH3 is 1. The summed E-state index contributed by atoms with van der Waals surface area (Å²) in [5.41, 5.74) is 2.56. The van der Waals surface area contributed by atoms with Crippen LogP contribution in [-0.2, 0) is 16.4 Å². The van der Waals surface area contributed by atoms with Crippen LogP contribution in [0.5, 0.6) is 5.75 Å². The van der Waals surface area contributed by atoms with E-state index >= 15 is 0 Å². The third-order valence-corrected chi connectivity index (χ3v) is 5.10. The number of hydrogen-bond donors (Lipinski definition) is 2. The lowest BCUT2D eigenvalue weighted by molar-refractivity contribution is 0.409. The molecule has 2 rings (SSSR count). The second-order valence-electron chi connectivity index (χ2n) is 4.99. The quantitative estimate of drug-likeness (QED) is 0.828. The van der Waals surface area contributed by atoms with Gasteiger partial charge < -0.3 is 10.1 Å². The number of fused-ring (bicyclic) bond motifs is 1. The lowest BCUT2D eigenvalue weighted by Gasteiger charge is -2.27. The molecular weight excluding hydrogens is 276 g/mol. The van der Waals surface area contributed by atoms with Crippen molar-refractivity contribution in [3.8, 4) is 5.75 Å². The second-order valence-corrected chi connectivity index (χ2v) is 7.03. The molecule has 0 amide bonds. The predicted octanol–water partition coefficient (Wildman–Crippen LogP) is 1.21. The number of sulfonamides is 1. The Bertz CT molecular complexity index is 558. The molecule has 0 fully saturated rings. The highest BCUT2D eigenvalue weighted by molar-refractivity contribution is 7.89. The fourth-order valence-corrected chi connectivity index (χ4v) is 3.18. The van der Waals surface area contributed by atoms with E-state index in [1.807, 2.05) is 6.07 Å². The largest absolute Gasteiger partial charge is 0.497 e. The zero-order chi connectivity index (χ0) is 14.6. The maximum Gasteiger partial charge on any atom is 0.212 e. The monoisotopic (exact) mass is 298 g/mol. The molecular formula is C14H22N2O3S. The number of benzene rings is 1. The van der Waals surface area contributed by atoms with Gasteiger partial charge in [0.05, 0.1) is 12.9 Å². The van der Waals surface area contributed by atoms with Crippen LogP contribution in [0.3, 0.4) is 0 Å². The molecule has 112 valence electrons. The fourth-order valence-electron chi connectivity index (χ4n) is 2.59. The summed E-state index contributed by atoms with van der Waals surface area (Å²) in [7, 11) is -0.0479. The molecule has 1 atom stereocenters. The van der Waals surface area contributed by atoms with Gasteiger partial charge in [0.25, 0.3) is 0 Å². The highest BCUT2D eigenvalue weighted by Gasteiger charge is 2.20. The van der Waals surface area contributed by atoms with E-state index < -0.39 is 10.0 Å². The smallest absolute Gasteiger partial charge is 0.212 e. The van der Waals surface area contributed by atoms with Gasteiger partial charge in [-0.05, 0) is 49.6 Å². The van der Waals surface area contributed by atoms with Crippen molar-refractivity contribution in [1.29, 1.82) is 0 Å². The molecule has 0 bridgehead atoms. The van der Waals surface area contributed by atoms with Gasteiger partial charge in [0.1, 0.15) is 5.75 Å². The second kappa shape index (κ2) is 6.56. The minimum absolute atomic E-state index is 0.0965. The standard InChI is InChI=1S/C14H22N2O3S/c1-15-20(17,18)9-8-16-14-5-3-4-11-6-7-12(19-2)10-13(11)14/h6-7,10,14-16H,3-5,8-9H2,1-2H3. The molecule has 0 aliphatic heterocycles. The Morgan fingerprint density at radius 1 is 1.40 bits per heavy atom. The molecule has 0 radical (unpaired) electrons. The van der Waals surface area contributed by atoms with Gasteiger partial charge >= 0.3 is 0 Å². The van der Waals surface area contributed by atoms with Gasteiger partial charge in [0, 0.05) is 12.6 Å². The summed E-state index contributed by atoms with van der Waals surface area (Å²) < 4.78 is 30.4. The summed E-state index contributed by atoms with van der Waals surface area (Å²) in [6.07, 6.45) is 3.22. The Hall–Kier alpha value is -1.11. The van der Waals surface area contributed by atoms with Gasteiger partial charge in [0.15, 0.2) is 0 Å². The van der Waals surface area contributed by atoms with Crippen molar-refractivity contribution in [3.63, 3.8) is 0 Å². The third kappa shape index (κ3) is 3.71. The average molecular weight is 298 g/mol. The summed E-state index contributed by atoms with van der Waals surface area (Å²) in [5.74, 6) is 0.944. The van der Waals surface area contributed by atoms with Crippen molar-refractivity contribution in [2.24, 2.45) is 0 Å². The fraction of sp³-hybridized carbons (Fsp3) is 0.571. The number of rotatable bonds is 6. The lowest BCUT2D eigenvalue weighted by Crippen LogP contribution is -2.33. The van der Waals surface area contributed by atoms with E-state index in [1.54, 1.807) is 7.11 Å². The van der Waals surface area contributed by atoms with Crippen LogP contribution in [0.1, 0.15) is 30.0 Å². The zero-order valence-electron chi connectivity index (χ0n) is 12.0. The normalized spacial score (nSPS) is 18.6. The zero-order valence-corrected chi connectivity index (χ0v) is 12.8. The van der Waals surface area contributed by atoms with Crippen LogP contribution < -0.4 is 14.8 Å². The molecule has 0 aromatic heterocycles. The molecule has 1 aliphatic rings. The van der Waals surface area contributed by atoms with E-state index in [0.717, 1.165) is 25.0 Å². The van der Waals surface area contributed by atoms with Gasteiger partial charge in [-0.2, -0.15) is 0 Å². The van der Waals surface area contributed by atoms with E-state index in [2.05, 4.69) is 22.2 Å². The summed E-state index contributed by atoms with van der Waals surface area (Å²) in [5, 5.41) is 3.34. The third-order valence-electron chi connectivity index (χ3n) is 3.74. The van der Waals surface area contributed by atoms with Crippen molar-refractivity contribution in [2.45, 2.75) is 25.3 Å². The summed E-state index contributed by atoms with van der Waals surface area (Å²) >= 11 is 0. The molecule has 0 heterocycles. The minimum Gasteiger partial charge on any atom is -0.497 e. The first-order valence-electron chi connectivity index (χ1n) is 6.87. The Balaban J connectivity index is 2.04. The van der Waals surface area contributed by atoms with Crippen molar-refractivity contribution in [3.05, 3.63) is 29.3 Å². The van der Waals surface area contributed by atoms with Gasteiger partial charge in [0.2, 0.25) is 10.0 Å².